The number of nitrogens with one attached hydrogen (secondary N) is 1. The molecule has 0 radical (unpaired) electrons. The van der Waals surface area contributed by atoms with Gasteiger partial charge in [0.25, 0.3) is 6.43 Å². The Hall–Kier alpha value is -1.40. The first kappa shape index (κ1) is 11.7. The van der Waals surface area contributed by atoms with E-state index in [1.165, 1.54) is 12.1 Å². The number of hydrogen-bond donors (Lipinski definition) is 1. The van der Waals surface area contributed by atoms with Gasteiger partial charge < -0.3 is 5.32 Å². The summed E-state index contributed by atoms with van der Waals surface area (Å²) in [6, 6.07) is 6.17. The van der Waals surface area contributed by atoms with Crippen molar-refractivity contribution in [1.82, 2.24) is 5.32 Å². The fraction of sp³-hybridized carbons (Fsp3) is 0.333. The molecule has 1 N–H and O–H groups in total. The number of halogens is 2. The van der Waals surface area contributed by atoms with Gasteiger partial charge in [0, 0.05) is 24.1 Å². The zero-order valence-corrected chi connectivity index (χ0v) is 8.56. The molecule has 0 atom stereocenters. The molecule has 0 aromatic heterocycles. The quantitative estimate of drug-likeness (QED) is 0.596. The highest BCUT2D eigenvalue weighted by atomic mass is 19.3. The van der Waals surface area contributed by atoms with Crippen molar-refractivity contribution in [2.75, 3.05) is 13.6 Å². The topological polar surface area (TPSA) is 12.0 Å². The molecule has 0 aliphatic rings. The van der Waals surface area contributed by atoms with Gasteiger partial charge in [-0.15, -0.1) is 0 Å². The van der Waals surface area contributed by atoms with E-state index >= 15 is 0 Å². The van der Waals surface area contributed by atoms with Crippen LogP contribution in [0.4, 0.5) is 8.78 Å². The zero-order valence-electron chi connectivity index (χ0n) is 8.56. The van der Waals surface area contributed by atoms with Gasteiger partial charge in [0.15, 0.2) is 0 Å². The largest absolute Gasteiger partial charge is 0.319 e. The minimum absolute atomic E-state index is 0.0235. The Morgan fingerprint density at radius 2 is 2.20 bits per heavy atom. The average molecular weight is 209 g/mol. The van der Waals surface area contributed by atoms with Gasteiger partial charge in [-0.05, 0) is 19.2 Å². The Bertz CT molecular complexity index is 363. The molecule has 0 amide bonds. The minimum Gasteiger partial charge on any atom is -0.319 e. The van der Waals surface area contributed by atoms with Crippen LogP contribution in [0, 0.1) is 11.8 Å². The van der Waals surface area contributed by atoms with E-state index in [4.69, 9.17) is 0 Å². The number of rotatable bonds is 3. The Morgan fingerprint density at radius 3 is 2.87 bits per heavy atom. The summed E-state index contributed by atoms with van der Waals surface area (Å²) in [4.78, 5) is 0. The van der Waals surface area contributed by atoms with E-state index in [0.29, 0.717) is 5.56 Å². The van der Waals surface area contributed by atoms with E-state index in [-0.39, 0.29) is 5.56 Å². The normalized spacial score (nSPS) is 9.87. The van der Waals surface area contributed by atoms with Gasteiger partial charge in [0.2, 0.25) is 0 Å². The van der Waals surface area contributed by atoms with Crippen molar-refractivity contribution in [1.29, 1.82) is 0 Å². The molecular formula is C12H13F2N. The molecule has 0 heterocycles. The summed E-state index contributed by atoms with van der Waals surface area (Å²) in [5, 5.41) is 2.96. The van der Waals surface area contributed by atoms with E-state index in [9.17, 15) is 8.78 Å². The number of hydrogen-bond acceptors (Lipinski definition) is 1. The zero-order chi connectivity index (χ0) is 11.1. The molecule has 1 rings (SSSR count). The molecule has 0 fully saturated rings. The molecule has 1 aromatic carbocycles. The fourth-order valence-electron chi connectivity index (χ4n) is 1.10. The second-order valence-electron chi connectivity index (χ2n) is 3.08. The molecule has 0 unspecified atom stereocenters. The lowest BCUT2D eigenvalue weighted by atomic mass is 10.1. The standard InChI is InChI=1S/C12H13F2N/c1-15-8-3-2-5-10-6-4-7-11(9-10)12(13)14/h4,6-7,9,12,15H,3,8H2,1H3. The third kappa shape index (κ3) is 4.09. The van der Waals surface area contributed by atoms with Crippen LogP contribution in [0.1, 0.15) is 24.0 Å². The number of benzene rings is 1. The molecule has 0 bridgehead atoms. The predicted octanol–water partition coefficient (Wildman–Crippen LogP) is 2.59. The fourth-order valence-corrected chi connectivity index (χ4v) is 1.10. The highest BCUT2D eigenvalue weighted by Crippen LogP contribution is 2.18. The third-order valence-corrected chi connectivity index (χ3v) is 1.87. The van der Waals surface area contributed by atoms with Crippen LogP contribution in [-0.4, -0.2) is 13.6 Å². The lowest BCUT2D eigenvalue weighted by Gasteiger charge is -1.98. The summed E-state index contributed by atoms with van der Waals surface area (Å²) in [5.74, 6) is 5.76. The van der Waals surface area contributed by atoms with Crippen LogP contribution in [0.25, 0.3) is 0 Å². The van der Waals surface area contributed by atoms with E-state index in [0.717, 1.165) is 13.0 Å². The molecule has 15 heavy (non-hydrogen) atoms. The van der Waals surface area contributed by atoms with Crippen LogP contribution >= 0.6 is 0 Å². The van der Waals surface area contributed by atoms with E-state index in [2.05, 4.69) is 17.2 Å². The van der Waals surface area contributed by atoms with Crippen LogP contribution in [-0.2, 0) is 0 Å². The van der Waals surface area contributed by atoms with Crippen molar-refractivity contribution in [2.24, 2.45) is 0 Å². The molecule has 0 spiro atoms. The Morgan fingerprint density at radius 1 is 1.40 bits per heavy atom. The van der Waals surface area contributed by atoms with Gasteiger partial charge in [-0.3, -0.25) is 0 Å². The molecule has 1 aromatic rings. The molecule has 0 saturated heterocycles. The van der Waals surface area contributed by atoms with Crippen molar-refractivity contribution in [3.05, 3.63) is 35.4 Å². The van der Waals surface area contributed by atoms with Crippen molar-refractivity contribution in [2.45, 2.75) is 12.8 Å². The summed E-state index contributed by atoms with van der Waals surface area (Å²) in [5.41, 5.74) is 0.666. The Balaban J connectivity index is 2.67. The molecule has 1 nitrogen and oxygen atoms in total. The second kappa shape index (κ2) is 6.15. The summed E-state index contributed by atoms with van der Waals surface area (Å²) in [7, 11) is 1.85. The van der Waals surface area contributed by atoms with Gasteiger partial charge in [-0.1, -0.05) is 24.0 Å². The summed E-state index contributed by atoms with van der Waals surface area (Å²) >= 11 is 0. The summed E-state index contributed by atoms with van der Waals surface area (Å²) < 4.78 is 24.7. The van der Waals surface area contributed by atoms with Gasteiger partial charge in [-0.2, -0.15) is 0 Å². The van der Waals surface area contributed by atoms with Crippen LogP contribution in [0.5, 0.6) is 0 Å². The highest BCUT2D eigenvalue weighted by Gasteiger charge is 2.05. The Labute approximate surface area is 88.5 Å². The van der Waals surface area contributed by atoms with Crippen LogP contribution in [0.2, 0.25) is 0 Å². The highest BCUT2D eigenvalue weighted by molar-refractivity contribution is 5.37. The molecule has 0 aliphatic heterocycles. The van der Waals surface area contributed by atoms with E-state index in [1.807, 2.05) is 7.05 Å². The minimum atomic E-state index is -2.43. The summed E-state index contributed by atoms with van der Waals surface area (Å²) in [6.07, 6.45) is -1.71. The van der Waals surface area contributed by atoms with Gasteiger partial charge >= 0.3 is 0 Å². The SMILES string of the molecule is CNCCC#Cc1cccc(C(F)F)c1. The smallest absolute Gasteiger partial charge is 0.263 e. The van der Waals surface area contributed by atoms with Crippen molar-refractivity contribution >= 4 is 0 Å². The number of alkyl halides is 2. The van der Waals surface area contributed by atoms with Crippen LogP contribution in [0.3, 0.4) is 0 Å². The average Bonchev–Trinajstić information content (AvgIpc) is 2.25. The first-order valence-corrected chi connectivity index (χ1v) is 4.75. The first-order valence-electron chi connectivity index (χ1n) is 4.75. The third-order valence-electron chi connectivity index (χ3n) is 1.87. The molecular weight excluding hydrogens is 196 g/mol. The lowest BCUT2D eigenvalue weighted by molar-refractivity contribution is 0.151. The van der Waals surface area contributed by atoms with Gasteiger partial charge in [0.05, 0.1) is 0 Å². The van der Waals surface area contributed by atoms with Crippen LogP contribution < -0.4 is 5.32 Å². The molecule has 0 saturated carbocycles. The lowest BCUT2D eigenvalue weighted by Crippen LogP contribution is -2.05. The molecule has 80 valence electrons. The maximum Gasteiger partial charge on any atom is 0.263 e. The summed E-state index contributed by atoms with van der Waals surface area (Å²) in [6.45, 7) is 0.807. The monoisotopic (exact) mass is 209 g/mol. The van der Waals surface area contributed by atoms with Crippen LogP contribution in [0.15, 0.2) is 24.3 Å². The predicted molar refractivity (Wildman–Crippen MR) is 56.8 cm³/mol. The van der Waals surface area contributed by atoms with Gasteiger partial charge in [0.1, 0.15) is 0 Å². The first-order chi connectivity index (χ1) is 7.24. The maximum atomic E-state index is 12.3. The van der Waals surface area contributed by atoms with E-state index in [1.54, 1.807) is 12.1 Å². The molecule has 0 aliphatic carbocycles. The van der Waals surface area contributed by atoms with Crippen molar-refractivity contribution in [3.63, 3.8) is 0 Å². The molecule has 3 heteroatoms. The van der Waals surface area contributed by atoms with E-state index < -0.39 is 6.43 Å². The Kier molecular flexibility index (Phi) is 4.79. The van der Waals surface area contributed by atoms with Crippen molar-refractivity contribution < 1.29 is 8.78 Å². The maximum absolute atomic E-state index is 12.3. The second-order valence-corrected chi connectivity index (χ2v) is 3.08. The van der Waals surface area contributed by atoms with Crippen molar-refractivity contribution in [3.8, 4) is 11.8 Å². The van der Waals surface area contributed by atoms with Gasteiger partial charge in [-0.25, -0.2) is 8.78 Å².